The molecule has 0 aliphatic heterocycles. The number of halogens is 1. The van der Waals surface area contributed by atoms with Crippen LogP contribution in [0.2, 0.25) is 0 Å². The molecule has 0 heterocycles. The van der Waals surface area contributed by atoms with Gasteiger partial charge in [-0.05, 0) is 35.7 Å². The molecule has 28 heavy (non-hydrogen) atoms. The fourth-order valence-corrected chi connectivity index (χ4v) is 2.65. The van der Waals surface area contributed by atoms with Gasteiger partial charge in [-0.2, -0.15) is 0 Å². The summed E-state index contributed by atoms with van der Waals surface area (Å²) >= 11 is 0. The average molecular weight is 388 g/mol. The first-order chi connectivity index (χ1) is 13.3. The molecular formula is C21H25FN2O4. The van der Waals surface area contributed by atoms with Gasteiger partial charge in [-0.25, -0.2) is 4.39 Å². The van der Waals surface area contributed by atoms with Gasteiger partial charge in [0.05, 0.1) is 18.8 Å². The Bertz CT molecular complexity index is 808. The maximum absolute atomic E-state index is 13.8. The van der Waals surface area contributed by atoms with Gasteiger partial charge < -0.3 is 20.5 Å². The SMILES string of the molecule is COc1ccc(C(O)CNC(=O)C(NC(=O)c2ccccc2F)C(C)C)cc1. The van der Waals surface area contributed by atoms with Gasteiger partial charge in [0.2, 0.25) is 5.91 Å². The highest BCUT2D eigenvalue weighted by Gasteiger charge is 2.26. The van der Waals surface area contributed by atoms with Gasteiger partial charge in [-0.1, -0.05) is 38.1 Å². The van der Waals surface area contributed by atoms with E-state index in [4.69, 9.17) is 4.74 Å². The van der Waals surface area contributed by atoms with E-state index < -0.39 is 29.8 Å². The molecule has 0 saturated heterocycles. The summed E-state index contributed by atoms with van der Waals surface area (Å²) in [6, 6.07) is 11.5. The number of benzene rings is 2. The Hall–Kier alpha value is -2.93. The lowest BCUT2D eigenvalue weighted by atomic mass is 10.0. The zero-order chi connectivity index (χ0) is 20.7. The molecule has 2 unspecified atom stereocenters. The van der Waals surface area contributed by atoms with Crippen molar-refractivity contribution in [1.82, 2.24) is 10.6 Å². The van der Waals surface area contributed by atoms with Gasteiger partial charge in [0.1, 0.15) is 17.6 Å². The number of rotatable bonds is 8. The van der Waals surface area contributed by atoms with Crippen molar-refractivity contribution in [3.8, 4) is 5.75 Å². The second-order valence-corrected chi connectivity index (χ2v) is 6.71. The molecule has 2 amide bonds. The number of hydrogen-bond acceptors (Lipinski definition) is 4. The van der Waals surface area contributed by atoms with Crippen molar-refractivity contribution in [2.75, 3.05) is 13.7 Å². The molecule has 0 aliphatic carbocycles. The molecule has 0 radical (unpaired) electrons. The van der Waals surface area contributed by atoms with Gasteiger partial charge in [0.15, 0.2) is 0 Å². The molecule has 0 aliphatic rings. The Balaban J connectivity index is 1.98. The number of hydrogen-bond donors (Lipinski definition) is 3. The van der Waals surface area contributed by atoms with E-state index in [2.05, 4.69) is 10.6 Å². The number of carbonyl (C=O) groups is 2. The molecule has 2 rings (SSSR count). The molecule has 0 bridgehead atoms. The second kappa shape index (κ2) is 9.85. The summed E-state index contributed by atoms with van der Waals surface area (Å²) in [5, 5.41) is 15.5. The number of aliphatic hydroxyl groups excluding tert-OH is 1. The van der Waals surface area contributed by atoms with Crippen LogP contribution in [0.25, 0.3) is 0 Å². The largest absolute Gasteiger partial charge is 0.497 e. The molecule has 0 spiro atoms. The van der Waals surface area contributed by atoms with Crippen LogP contribution in [0.1, 0.15) is 35.9 Å². The zero-order valence-electron chi connectivity index (χ0n) is 16.1. The standard InChI is InChI=1S/C21H25FN2O4/c1-13(2)19(24-20(26)16-6-4-5-7-17(16)22)21(27)23-12-18(25)14-8-10-15(28-3)11-9-14/h4-11,13,18-19,25H,12H2,1-3H3,(H,23,27)(H,24,26). The molecule has 2 aromatic carbocycles. The van der Waals surface area contributed by atoms with Crippen LogP contribution >= 0.6 is 0 Å². The third-order valence-electron chi connectivity index (χ3n) is 4.32. The number of methoxy groups -OCH3 is 1. The fourth-order valence-electron chi connectivity index (χ4n) is 2.65. The zero-order valence-corrected chi connectivity index (χ0v) is 16.1. The first kappa shape index (κ1) is 21.4. The number of aliphatic hydroxyl groups is 1. The number of ether oxygens (including phenoxy) is 1. The van der Waals surface area contributed by atoms with Gasteiger partial charge >= 0.3 is 0 Å². The smallest absolute Gasteiger partial charge is 0.254 e. The summed E-state index contributed by atoms with van der Waals surface area (Å²) in [5.74, 6) is -1.34. The third kappa shape index (κ3) is 5.53. The third-order valence-corrected chi connectivity index (χ3v) is 4.32. The lowest BCUT2D eigenvalue weighted by Crippen LogP contribution is -2.50. The first-order valence-electron chi connectivity index (χ1n) is 8.98. The summed E-state index contributed by atoms with van der Waals surface area (Å²) in [4.78, 5) is 24.8. The van der Waals surface area contributed by atoms with E-state index in [1.807, 2.05) is 0 Å². The monoisotopic (exact) mass is 388 g/mol. The van der Waals surface area contributed by atoms with Crippen LogP contribution in [0.15, 0.2) is 48.5 Å². The van der Waals surface area contributed by atoms with Crippen LogP contribution < -0.4 is 15.4 Å². The van der Waals surface area contributed by atoms with Crippen molar-refractivity contribution in [2.45, 2.75) is 26.0 Å². The van der Waals surface area contributed by atoms with Gasteiger partial charge in [-0.3, -0.25) is 9.59 Å². The lowest BCUT2D eigenvalue weighted by Gasteiger charge is -2.23. The molecule has 3 N–H and O–H groups in total. The Morgan fingerprint density at radius 3 is 2.32 bits per heavy atom. The van der Waals surface area contributed by atoms with E-state index >= 15 is 0 Å². The normalized spacial score (nSPS) is 12.9. The van der Waals surface area contributed by atoms with Crippen LogP contribution in [0, 0.1) is 11.7 Å². The number of amides is 2. The summed E-state index contributed by atoms with van der Waals surface area (Å²) < 4.78 is 18.9. The lowest BCUT2D eigenvalue weighted by molar-refractivity contribution is -0.124. The predicted octanol–water partition coefficient (Wildman–Crippen LogP) is 2.44. The molecule has 6 nitrogen and oxygen atoms in total. The van der Waals surface area contributed by atoms with Crippen molar-refractivity contribution in [1.29, 1.82) is 0 Å². The maximum Gasteiger partial charge on any atom is 0.254 e. The van der Waals surface area contributed by atoms with E-state index in [9.17, 15) is 19.1 Å². The van der Waals surface area contributed by atoms with Crippen LogP contribution in [-0.2, 0) is 4.79 Å². The molecule has 2 atom stereocenters. The summed E-state index contributed by atoms with van der Waals surface area (Å²) in [7, 11) is 1.55. The minimum atomic E-state index is -0.912. The van der Waals surface area contributed by atoms with Crippen LogP contribution in [0.4, 0.5) is 4.39 Å². The van der Waals surface area contributed by atoms with Gasteiger partial charge in [0, 0.05) is 6.54 Å². The van der Waals surface area contributed by atoms with Crippen molar-refractivity contribution in [3.05, 3.63) is 65.5 Å². The first-order valence-corrected chi connectivity index (χ1v) is 8.98. The molecule has 0 aromatic heterocycles. The van der Waals surface area contributed by atoms with E-state index in [0.717, 1.165) is 0 Å². The van der Waals surface area contributed by atoms with Gasteiger partial charge in [0.25, 0.3) is 5.91 Å². The fraction of sp³-hybridized carbons (Fsp3) is 0.333. The van der Waals surface area contributed by atoms with Crippen molar-refractivity contribution >= 4 is 11.8 Å². The molecular weight excluding hydrogens is 363 g/mol. The van der Waals surface area contributed by atoms with Crippen molar-refractivity contribution in [3.63, 3.8) is 0 Å². The molecule has 150 valence electrons. The highest BCUT2D eigenvalue weighted by Crippen LogP contribution is 2.17. The van der Waals surface area contributed by atoms with E-state index in [0.29, 0.717) is 11.3 Å². The summed E-state index contributed by atoms with van der Waals surface area (Å²) in [6.07, 6.45) is -0.912. The predicted molar refractivity (Wildman–Crippen MR) is 103 cm³/mol. The maximum atomic E-state index is 13.8. The minimum Gasteiger partial charge on any atom is -0.497 e. The second-order valence-electron chi connectivity index (χ2n) is 6.71. The Morgan fingerprint density at radius 2 is 1.75 bits per heavy atom. The van der Waals surface area contributed by atoms with Crippen LogP contribution in [0.5, 0.6) is 5.75 Å². The highest BCUT2D eigenvalue weighted by molar-refractivity contribution is 5.97. The average Bonchev–Trinajstić information content (AvgIpc) is 2.69. The quantitative estimate of drug-likeness (QED) is 0.648. The molecule has 2 aromatic rings. The molecule has 0 fully saturated rings. The van der Waals surface area contributed by atoms with E-state index in [1.54, 1.807) is 51.3 Å². The summed E-state index contributed by atoms with van der Waals surface area (Å²) in [6.45, 7) is 3.52. The number of nitrogens with one attached hydrogen (secondary N) is 2. The molecule has 7 heteroatoms. The Labute approximate surface area is 163 Å². The van der Waals surface area contributed by atoms with Crippen molar-refractivity contribution in [2.24, 2.45) is 5.92 Å². The van der Waals surface area contributed by atoms with Gasteiger partial charge in [-0.15, -0.1) is 0 Å². The van der Waals surface area contributed by atoms with Crippen LogP contribution in [-0.4, -0.2) is 36.6 Å². The topological polar surface area (TPSA) is 87.7 Å². The van der Waals surface area contributed by atoms with E-state index in [-0.39, 0.29) is 18.0 Å². The number of carbonyl (C=O) groups excluding carboxylic acids is 2. The summed E-state index contributed by atoms with van der Waals surface area (Å²) in [5.41, 5.74) is 0.497. The molecule has 0 saturated carbocycles. The van der Waals surface area contributed by atoms with E-state index in [1.165, 1.54) is 18.2 Å². The Kier molecular flexibility index (Phi) is 7.52. The van der Waals surface area contributed by atoms with Crippen LogP contribution in [0.3, 0.4) is 0 Å². The highest BCUT2D eigenvalue weighted by atomic mass is 19.1. The minimum absolute atomic E-state index is 0.0239. The Morgan fingerprint density at radius 1 is 1.11 bits per heavy atom. The van der Waals surface area contributed by atoms with Crippen molar-refractivity contribution < 1.29 is 23.8 Å².